The standard InChI is InChI=1S/C13H12BrN5O2/c1-21-10-6-9-11(12(15)20)18-19(13(9)17-16-10)8-4-2-3-7(14)5-8/h2-6,12,20H,15H2,1H3. The summed E-state index contributed by atoms with van der Waals surface area (Å²) in [6, 6.07) is 9.18. The highest BCUT2D eigenvalue weighted by Crippen LogP contribution is 2.26. The van der Waals surface area contributed by atoms with E-state index in [2.05, 4.69) is 31.2 Å². The molecule has 0 bridgehead atoms. The molecule has 8 heteroatoms. The quantitative estimate of drug-likeness (QED) is 0.695. The molecule has 1 aromatic carbocycles. The summed E-state index contributed by atoms with van der Waals surface area (Å²) < 4.78 is 7.53. The molecule has 3 rings (SSSR count). The Labute approximate surface area is 128 Å². The number of methoxy groups -OCH3 is 1. The number of ether oxygens (including phenoxy) is 1. The van der Waals surface area contributed by atoms with Gasteiger partial charge in [-0.2, -0.15) is 5.10 Å². The number of fused-ring (bicyclic) bond motifs is 1. The number of aromatic nitrogens is 4. The van der Waals surface area contributed by atoms with Gasteiger partial charge in [0.15, 0.2) is 5.65 Å². The van der Waals surface area contributed by atoms with Crippen molar-refractivity contribution in [2.45, 2.75) is 6.23 Å². The number of halogens is 1. The van der Waals surface area contributed by atoms with Crippen LogP contribution in [0.3, 0.4) is 0 Å². The number of hydrogen-bond acceptors (Lipinski definition) is 6. The number of nitrogens with zero attached hydrogens (tertiary/aromatic N) is 4. The number of aliphatic hydroxyl groups excluding tert-OH is 1. The summed E-state index contributed by atoms with van der Waals surface area (Å²) in [7, 11) is 1.49. The summed E-state index contributed by atoms with van der Waals surface area (Å²) in [5.74, 6) is 0.332. The number of rotatable bonds is 3. The minimum absolute atomic E-state index is 0.318. The Morgan fingerprint density at radius 1 is 1.33 bits per heavy atom. The molecule has 1 unspecified atom stereocenters. The second kappa shape index (κ2) is 5.40. The average molecular weight is 350 g/mol. The van der Waals surface area contributed by atoms with Crippen molar-refractivity contribution in [3.05, 3.63) is 40.5 Å². The van der Waals surface area contributed by atoms with Crippen molar-refractivity contribution in [1.82, 2.24) is 20.0 Å². The molecule has 0 amide bonds. The van der Waals surface area contributed by atoms with E-state index >= 15 is 0 Å². The van der Waals surface area contributed by atoms with Gasteiger partial charge in [0.1, 0.15) is 11.9 Å². The zero-order valence-corrected chi connectivity index (χ0v) is 12.6. The zero-order chi connectivity index (χ0) is 15.0. The molecule has 1 atom stereocenters. The first kappa shape index (κ1) is 13.9. The number of aliphatic hydroxyl groups is 1. The Kier molecular flexibility index (Phi) is 3.58. The molecule has 0 fully saturated rings. The van der Waals surface area contributed by atoms with Gasteiger partial charge in [-0.15, -0.1) is 10.2 Å². The Balaban J connectivity index is 2.28. The predicted octanol–water partition coefficient (Wildman–Crippen LogP) is 1.54. The molecule has 0 aliphatic heterocycles. The second-order valence-electron chi connectivity index (χ2n) is 4.35. The van der Waals surface area contributed by atoms with Crippen molar-refractivity contribution in [2.24, 2.45) is 5.73 Å². The molecule has 3 N–H and O–H groups in total. The lowest BCUT2D eigenvalue weighted by Crippen LogP contribution is -2.10. The lowest BCUT2D eigenvalue weighted by Gasteiger charge is -2.03. The lowest BCUT2D eigenvalue weighted by atomic mass is 10.2. The van der Waals surface area contributed by atoms with Crippen molar-refractivity contribution in [1.29, 1.82) is 0 Å². The second-order valence-corrected chi connectivity index (χ2v) is 5.26. The summed E-state index contributed by atoms with van der Waals surface area (Å²) >= 11 is 3.41. The Morgan fingerprint density at radius 2 is 2.14 bits per heavy atom. The van der Waals surface area contributed by atoms with Crippen LogP contribution in [-0.2, 0) is 0 Å². The Bertz CT molecular complexity index is 802. The molecule has 7 nitrogen and oxygen atoms in total. The van der Waals surface area contributed by atoms with E-state index in [1.165, 1.54) is 7.11 Å². The fraction of sp³-hybridized carbons (Fsp3) is 0.154. The monoisotopic (exact) mass is 349 g/mol. The van der Waals surface area contributed by atoms with Crippen molar-refractivity contribution in [2.75, 3.05) is 7.11 Å². The highest BCUT2D eigenvalue weighted by Gasteiger charge is 2.18. The molecule has 108 valence electrons. The molecule has 0 aliphatic rings. The molecular weight excluding hydrogens is 338 g/mol. The third-order valence-corrected chi connectivity index (χ3v) is 3.47. The summed E-state index contributed by atoms with van der Waals surface area (Å²) in [5.41, 5.74) is 7.16. The lowest BCUT2D eigenvalue weighted by molar-refractivity contribution is 0.182. The summed E-state index contributed by atoms with van der Waals surface area (Å²) in [6.45, 7) is 0. The molecule has 2 aromatic heterocycles. The molecule has 0 radical (unpaired) electrons. The van der Waals surface area contributed by atoms with Crippen molar-refractivity contribution >= 4 is 27.0 Å². The SMILES string of the molecule is COc1cc2c(C(N)O)nn(-c3cccc(Br)c3)c2nn1. The van der Waals surface area contributed by atoms with E-state index in [1.54, 1.807) is 10.7 Å². The van der Waals surface area contributed by atoms with Crippen LogP contribution in [0.4, 0.5) is 0 Å². The fourth-order valence-electron chi connectivity index (χ4n) is 2.03. The molecule has 2 heterocycles. The van der Waals surface area contributed by atoms with Gasteiger partial charge in [0.05, 0.1) is 18.2 Å². The van der Waals surface area contributed by atoms with Gasteiger partial charge in [-0.25, -0.2) is 4.68 Å². The van der Waals surface area contributed by atoms with Gasteiger partial charge in [-0.1, -0.05) is 22.0 Å². The van der Waals surface area contributed by atoms with E-state index in [4.69, 9.17) is 10.5 Å². The van der Waals surface area contributed by atoms with Crippen LogP contribution in [-0.4, -0.2) is 32.2 Å². The van der Waals surface area contributed by atoms with Crippen molar-refractivity contribution in [3.8, 4) is 11.6 Å². The van der Waals surface area contributed by atoms with Gasteiger partial charge in [-0.05, 0) is 18.2 Å². The first-order valence-electron chi connectivity index (χ1n) is 6.10. The van der Waals surface area contributed by atoms with Crippen LogP contribution in [0, 0.1) is 0 Å². The number of nitrogens with two attached hydrogens (primary N) is 1. The van der Waals surface area contributed by atoms with Crippen LogP contribution < -0.4 is 10.5 Å². The van der Waals surface area contributed by atoms with Crippen LogP contribution >= 0.6 is 15.9 Å². The average Bonchev–Trinajstić information content (AvgIpc) is 2.86. The fourth-order valence-corrected chi connectivity index (χ4v) is 2.41. The van der Waals surface area contributed by atoms with Crippen LogP contribution in [0.5, 0.6) is 5.88 Å². The molecule has 21 heavy (non-hydrogen) atoms. The third-order valence-electron chi connectivity index (χ3n) is 2.98. The summed E-state index contributed by atoms with van der Waals surface area (Å²) in [4.78, 5) is 0. The molecule has 0 aliphatic carbocycles. The van der Waals surface area contributed by atoms with Gasteiger partial charge in [0.25, 0.3) is 0 Å². The van der Waals surface area contributed by atoms with Crippen LogP contribution in [0.1, 0.15) is 11.9 Å². The van der Waals surface area contributed by atoms with Gasteiger partial charge >= 0.3 is 0 Å². The molecular formula is C13H12BrN5O2. The van der Waals surface area contributed by atoms with E-state index < -0.39 is 6.23 Å². The summed E-state index contributed by atoms with van der Waals surface area (Å²) in [5, 5.41) is 22.7. The van der Waals surface area contributed by atoms with Gasteiger partial charge in [0.2, 0.25) is 5.88 Å². The number of hydrogen-bond donors (Lipinski definition) is 2. The first-order valence-corrected chi connectivity index (χ1v) is 6.89. The van der Waals surface area contributed by atoms with E-state index in [0.29, 0.717) is 22.6 Å². The Morgan fingerprint density at radius 3 is 2.81 bits per heavy atom. The highest BCUT2D eigenvalue weighted by atomic mass is 79.9. The maximum absolute atomic E-state index is 9.70. The minimum atomic E-state index is -1.21. The number of benzene rings is 1. The van der Waals surface area contributed by atoms with E-state index in [0.717, 1.165) is 10.2 Å². The van der Waals surface area contributed by atoms with Gasteiger partial charge in [0, 0.05) is 10.5 Å². The highest BCUT2D eigenvalue weighted by molar-refractivity contribution is 9.10. The topological polar surface area (TPSA) is 99.1 Å². The maximum Gasteiger partial charge on any atom is 0.233 e. The van der Waals surface area contributed by atoms with Gasteiger partial charge in [-0.3, -0.25) is 0 Å². The smallest absolute Gasteiger partial charge is 0.233 e. The zero-order valence-electron chi connectivity index (χ0n) is 11.1. The molecule has 0 saturated carbocycles. The van der Waals surface area contributed by atoms with E-state index in [1.807, 2.05) is 24.3 Å². The minimum Gasteiger partial charge on any atom is -0.480 e. The van der Waals surface area contributed by atoms with Gasteiger partial charge < -0.3 is 15.6 Å². The van der Waals surface area contributed by atoms with E-state index in [9.17, 15) is 5.11 Å². The maximum atomic E-state index is 9.70. The molecule has 3 aromatic rings. The van der Waals surface area contributed by atoms with Crippen LogP contribution in [0.15, 0.2) is 34.8 Å². The predicted molar refractivity (Wildman–Crippen MR) is 80.1 cm³/mol. The Hall–Kier alpha value is -2.03. The largest absolute Gasteiger partial charge is 0.480 e. The van der Waals surface area contributed by atoms with Crippen molar-refractivity contribution < 1.29 is 9.84 Å². The molecule has 0 saturated heterocycles. The van der Waals surface area contributed by atoms with E-state index in [-0.39, 0.29) is 0 Å². The van der Waals surface area contributed by atoms with Crippen LogP contribution in [0.2, 0.25) is 0 Å². The molecule has 0 spiro atoms. The first-order chi connectivity index (χ1) is 10.1. The third kappa shape index (κ3) is 2.48. The normalized spacial score (nSPS) is 12.6. The van der Waals surface area contributed by atoms with Crippen molar-refractivity contribution in [3.63, 3.8) is 0 Å². The summed E-state index contributed by atoms with van der Waals surface area (Å²) in [6.07, 6.45) is -1.21. The van der Waals surface area contributed by atoms with Crippen LogP contribution in [0.25, 0.3) is 16.7 Å².